The largest absolute Gasteiger partial charge is 0.480 e. The molecule has 1 saturated heterocycles. The number of hydrogen-bond acceptors (Lipinski definition) is 4. The minimum Gasteiger partial charge on any atom is -0.480 e. The molecule has 1 aliphatic heterocycles. The van der Waals surface area contributed by atoms with E-state index in [1.807, 2.05) is 0 Å². The number of rotatable bonds is 4. The standard InChI is InChI=1S/C13H22N2O5S/c1-21(19,20)15-8-4-5-10(9-15)11(16)14-13(12(17)18)6-2-3-7-13/h10H,2-9H2,1H3,(H,14,16)(H,17,18). The van der Waals surface area contributed by atoms with Crippen molar-refractivity contribution in [2.75, 3.05) is 19.3 Å². The van der Waals surface area contributed by atoms with E-state index in [-0.39, 0.29) is 12.5 Å². The third kappa shape index (κ3) is 3.55. The summed E-state index contributed by atoms with van der Waals surface area (Å²) in [5.41, 5.74) is -1.16. The first kappa shape index (κ1) is 16.2. The smallest absolute Gasteiger partial charge is 0.329 e. The molecule has 7 nitrogen and oxygen atoms in total. The summed E-state index contributed by atoms with van der Waals surface area (Å²) in [5.74, 6) is -1.80. The predicted molar refractivity (Wildman–Crippen MR) is 76.1 cm³/mol. The summed E-state index contributed by atoms with van der Waals surface area (Å²) < 4.78 is 24.4. The number of nitrogens with one attached hydrogen (secondary N) is 1. The quantitative estimate of drug-likeness (QED) is 0.769. The second-order valence-corrected chi connectivity index (χ2v) is 8.03. The lowest BCUT2D eigenvalue weighted by molar-refractivity contribution is -0.148. The Morgan fingerprint density at radius 1 is 1.24 bits per heavy atom. The van der Waals surface area contributed by atoms with Gasteiger partial charge in [0.05, 0.1) is 12.2 Å². The van der Waals surface area contributed by atoms with E-state index in [1.54, 1.807) is 0 Å². The van der Waals surface area contributed by atoms with Gasteiger partial charge in [-0.2, -0.15) is 0 Å². The van der Waals surface area contributed by atoms with E-state index in [1.165, 1.54) is 4.31 Å². The molecule has 0 aromatic heterocycles. The Kier molecular flexibility index (Phi) is 4.57. The monoisotopic (exact) mass is 318 g/mol. The van der Waals surface area contributed by atoms with Crippen LogP contribution in [0.5, 0.6) is 0 Å². The zero-order valence-corrected chi connectivity index (χ0v) is 13.0. The zero-order chi connectivity index (χ0) is 15.7. The van der Waals surface area contributed by atoms with Crippen molar-refractivity contribution in [1.82, 2.24) is 9.62 Å². The average molecular weight is 318 g/mol. The van der Waals surface area contributed by atoms with Gasteiger partial charge in [0, 0.05) is 13.1 Å². The lowest BCUT2D eigenvalue weighted by atomic mass is 9.93. The number of aliphatic carboxylic acids is 1. The van der Waals surface area contributed by atoms with Gasteiger partial charge in [0.2, 0.25) is 15.9 Å². The van der Waals surface area contributed by atoms with Gasteiger partial charge >= 0.3 is 5.97 Å². The number of hydrogen-bond donors (Lipinski definition) is 2. The van der Waals surface area contributed by atoms with E-state index >= 15 is 0 Å². The number of carboxylic acid groups (broad SMARTS) is 1. The van der Waals surface area contributed by atoms with Gasteiger partial charge in [0.1, 0.15) is 5.54 Å². The minimum absolute atomic E-state index is 0.139. The molecule has 0 spiro atoms. The summed E-state index contributed by atoms with van der Waals surface area (Å²) in [6.07, 6.45) is 4.79. The normalized spacial score (nSPS) is 26.4. The molecule has 8 heteroatoms. The molecule has 1 aliphatic carbocycles. The number of nitrogens with zero attached hydrogens (tertiary/aromatic N) is 1. The predicted octanol–water partition coefficient (Wildman–Crippen LogP) is 0.172. The molecule has 2 N–H and O–H groups in total. The summed E-state index contributed by atoms with van der Waals surface area (Å²) >= 11 is 0. The van der Waals surface area contributed by atoms with Gasteiger partial charge in [-0.05, 0) is 25.7 Å². The van der Waals surface area contributed by atoms with Crippen LogP contribution >= 0.6 is 0 Å². The first-order chi connectivity index (χ1) is 9.74. The summed E-state index contributed by atoms with van der Waals surface area (Å²) in [5, 5.41) is 12.0. The van der Waals surface area contributed by atoms with Gasteiger partial charge in [-0.25, -0.2) is 17.5 Å². The van der Waals surface area contributed by atoms with Crippen molar-refractivity contribution in [3.63, 3.8) is 0 Å². The van der Waals surface area contributed by atoms with Gasteiger partial charge in [0.15, 0.2) is 0 Å². The lowest BCUT2D eigenvalue weighted by Crippen LogP contribution is -2.56. The maximum Gasteiger partial charge on any atom is 0.329 e. The topological polar surface area (TPSA) is 104 Å². The molecular formula is C13H22N2O5S. The number of amides is 1. The van der Waals surface area contributed by atoms with Crippen molar-refractivity contribution in [1.29, 1.82) is 0 Å². The summed E-state index contributed by atoms with van der Waals surface area (Å²) in [6.45, 7) is 0.563. The first-order valence-corrected chi connectivity index (χ1v) is 9.10. The number of sulfonamides is 1. The highest BCUT2D eigenvalue weighted by molar-refractivity contribution is 7.88. The Morgan fingerprint density at radius 2 is 1.86 bits per heavy atom. The van der Waals surface area contributed by atoms with Crippen molar-refractivity contribution >= 4 is 21.9 Å². The van der Waals surface area contributed by atoms with E-state index in [0.29, 0.717) is 32.2 Å². The maximum atomic E-state index is 12.3. The van der Waals surface area contributed by atoms with Crippen molar-refractivity contribution in [3.8, 4) is 0 Å². The second kappa shape index (κ2) is 5.92. The summed E-state index contributed by atoms with van der Waals surface area (Å²) in [6, 6.07) is 0. The fourth-order valence-electron chi connectivity index (χ4n) is 3.17. The van der Waals surface area contributed by atoms with Crippen LogP contribution in [0, 0.1) is 5.92 Å². The molecule has 1 heterocycles. The van der Waals surface area contributed by atoms with Crippen LogP contribution in [-0.2, 0) is 19.6 Å². The molecule has 2 fully saturated rings. The summed E-state index contributed by atoms with van der Waals surface area (Å²) in [4.78, 5) is 23.8. The van der Waals surface area contributed by atoms with Crippen LogP contribution in [-0.4, -0.2) is 54.6 Å². The van der Waals surface area contributed by atoms with Crippen LogP contribution in [0.2, 0.25) is 0 Å². The number of carbonyl (C=O) groups is 2. The molecule has 1 amide bonds. The number of carboxylic acids is 1. The average Bonchev–Trinajstić information content (AvgIpc) is 2.88. The maximum absolute atomic E-state index is 12.3. The molecule has 0 radical (unpaired) electrons. The molecule has 21 heavy (non-hydrogen) atoms. The molecule has 2 rings (SSSR count). The van der Waals surface area contributed by atoms with E-state index in [4.69, 9.17) is 0 Å². The highest BCUT2D eigenvalue weighted by Crippen LogP contribution is 2.31. The van der Waals surface area contributed by atoms with Crippen molar-refractivity contribution < 1.29 is 23.1 Å². The number of piperidine rings is 1. The molecule has 0 bridgehead atoms. The van der Waals surface area contributed by atoms with Gasteiger partial charge in [-0.15, -0.1) is 0 Å². The fourth-order valence-corrected chi connectivity index (χ4v) is 4.08. The summed E-state index contributed by atoms with van der Waals surface area (Å²) in [7, 11) is -3.31. The van der Waals surface area contributed by atoms with Gasteiger partial charge in [-0.1, -0.05) is 12.8 Å². The van der Waals surface area contributed by atoms with Gasteiger partial charge in [-0.3, -0.25) is 4.79 Å². The van der Waals surface area contributed by atoms with Crippen LogP contribution < -0.4 is 5.32 Å². The van der Waals surface area contributed by atoms with Crippen molar-refractivity contribution in [3.05, 3.63) is 0 Å². The first-order valence-electron chi connectivity index (χ1n) is 7.25. The Bertz CT molecular complexity index is 525. The fraction of sp³-hybridized carbons (Fsp3) is 0.846. The van der Waals surface area contributed by atoms with Crippen molar-refractivity contribution in [2.45, 2.75) is 44.1 Å². The molecule has 120 valence electrons. The van der Waals surface area contributed by atoms with Gasteiger partial charge in [0.25, 0.3) is 0 Å². The highest BCUT2D eigenvalue weighted by atomic mass is 32.2. The Labute approximate surface area is 124 Å². The lowest BCUT2D eigenvalue weighted by Gasteiger charge is -2.33. The molecule has 1 saturated carbocycles. The third-order valence-electron chi connectivity index (χ3n) is 4.45. The highest BCUT2D eigenvalue weighted by Gasteiger charge is 2.44. The van der Waals surface area contributed by atoms with Crippen LogP contribution in [0.1, 0.15) is 38.5 Å². The Balaban J connectivity index is 2.04. The van der Waals surface area contributed by atoms with E-state index in [0.717, 1.165) is 19.1 Å². The van der Waals surface area contributed by atoms with Crippen LogP contribution in [0.25, 0.3) is 0 Å². The zero-order valence-electron chi connectivity index (χ0n) is 12.2. The number of carbonyl (C=O) groups excluding carboxylic acids is 1. The van der Waals surface area contributed by atoms with E-state index in [2.05, 4.69) is 5.32 Å². The van der Waals surface area contributed by atoms with Crippen molar-refractivity contribution in [2.24, 2.45) is 5.92 Å². The van der Waals surface area contributed by atoms with Crippen LogP contribution in [0.15, 0.2) is 0 Å². The Morgan fingerprint density at radius 3 is 2.38 bits per heavy atom. The molecular weight excluding hydrogens is 296 g/mol. The van der Waals surface area contributed by atoms with E-state index in [9.17, 15) is 23.1 Å². The molecule has 0 aromatic carbocycles. The SMILES string of the molecule is CS(=O)(=O)N1CCCC(C(=O)NC2(C(=O)O)CCCC2)C1. The molecule has 0 aromatic rings. The van der Waals surface area contributed by atoms with Crippen LogP contribution in [0.3, 0.4) is 0 Å². The van der Waals surface area contributed by atoms with E-state index < -0.39 is 27.4 Å². The van der Waals surface area contributed by atoms with Crippen LogP contribution in [0.4, 0.5) is 0 Å². The minimum atomic E-state index is -3.31. The Hall–Kier alpha value is -1.15. The molecule has 1 unspecified atom stereocenters. The van der Waals surface area contributed by atoms with Gasteiger partial charge < -0.3 is 10.4 Å². The molecule has 1 atom stereocenters. The second-order valence-electron chi connectivity index (χ2n) is 6.04. The molecule has 2 aliphatic rings. The third-order valence-corrected chi connectivity index (χ3v) is 5.72.